The van der Waals surface area contributed by atoms with Gasteiger partial charge in [0.25, 0.3) is 0 Å². The van der Waals surface area contributed by atoms with E-state index in [0.717, 1.165) is 103 Å². The third-order valence-corrected chi connectivity index (χ3v) is 23.9. The summed E-state index contributed by atoms with van der Waals surface area (Å²) in [4.78, 5) is 53.6. The Kier molecular flexibility index (Phi) is 27.0. The number of imidazole rings is 4. The number of halogens is 12. The van der Waals surface area contributed by atoms with Gasteiger partial charge in [-0.3, -0.25) is 18.3 Å². The summed E-state index contributed by atoms with van der Waals surface area (Å²) in [6, 6.07) is 4.96. The third kappa shape index (κ3) is 20.4. The molecule has 44 heteroatoms. The molecule has 4 aliphatic heterocycles. The van der Waals surface area contributed by atoms with E-state index in [4.69, 9.17) is 18.9 Å². The van der Waals surface area contributed by atoms with Crippen LogP contribution in [0.1, 0.15) is 153 Å². The molecule has 128 heavy (non-hydrogen) atoms. The molecule has 0 bridgehead atoms. The van der Waals surface area contributed by atoms with E-state index in [2.05, 4.69) is 102 Å². The summed E-state index contributed by atoms with van der Waals surface area (Å²) in [5, 5.41) is 62.7. The van der Waals surface area contributed by atoms with Crippen molar-refractivity contribution in [2.45, 2.75) is 201 Å². The Morgan fingerprint density at radius 1 is 0.258 bits per heavy atom. The van der Waals surface area contributed by atoms with Crippen LogP contribution in [-0.2, 0) is 18.9 Å². The van der Waals surface area contributed by atoms with Crippen LogP contribution in [0.5, 0.6) is 0 Å². The Balaban J connectivity index is 0.000000120. The molecule has 12 aromatic rings. The maximum absolute atomic E-state index is 14.3. The molecule has 8 aliphatic rings. The molecule has 0 spiro atoms. The fraction of sp³-hybridized carbons (Fsp3) is 0.476. The van der Waals surface area contributed by atoms with Crippen LogP contribution < -0.4 is 42.5 Å². The topological polar surface area (TPSA) is 388 Å². The van der Waals surface area contributed by atoms with Gasteiger partial charge in [-0.05, 0) is 128 Å². The van der Waals surface area contributed by atoms with E-state index in [1.165, 1.54) is 0 Å². The Labute approximate surface area is 721 Å². The number of ether oxygens (including phenoxy) is 4. The second-order valence-electron chi connectivity index (χ2n) is 33.0. The molecule has 4 aliphatic carbocycles. The van der Waals surface area contributed by atoms with E-state index in [1.54, 1.807) is 43.1 Å². The molecule has 12 N–H and O–H groups in total. The molecule has 4 aromatic carbocycles. The second-order valence-corrected chi connectivity index (χ2v) is 33.0. The summed E-state index contributed by atoms with van der Waals surface area (Å²) in [5.74, 6) is -10.1. The van der Waals surface area contributed by atoms with Gasteiger partial charge in [0.05, 0.1) is 99.8 Å². The second kappa shape index (κ2) is 39.1. The predicted octanol–water partition coefficient (Wildman–Crippen LogP) is 14.7. The standard InChI is InChI=1S/4C21H23F3N6O2/c4*22-11-7-15(23)18(16(24)8-11)28-21-27-17-9-25-20(26-12-1-3-14(31)4-2-12)29-19(17)30(21)13-5-6-32-10-13/h4*7-9,12-14,31H,1-6,10H2,(H,27,28)(H,25,26,29)/t4*12?,13-,14?/m1100/s1. The predicted molar refractivity (Wildman–Crippen MR) is 445 cm³/mol. The first-order valence-corrected chi connectivity index (χ1v) is 42.7. The number of hydrogen-bond donors (Lipinski definition) is 12. The summed E-state index contributed by atoms with van der Waals surface area (Å²) in [6.07, 6.45) is 20.2. The van der Waals surface area contributed by atoms with Crippen LogP contribution in [0, 0.1) is 69.8 Å². The maximum Gasteiger partial charge on any atom is 0.224 e. The normalized spacial score (nSPS) is 23.6. The van der Waals surface area contributed by atoms with Gasteiger partial charge >= 0.3 is 0 Å². The van der Waals surface area contributed by atoms with Crippen LogP contribution in [0.15, 0.2) is 73.3 Å². The summed E-state index contributed by atoms with van der Waals surface area (Å²) in [6.45, 7) is 3.80. The fourth-order valence-electron chi connectivity index (χ4n) is 17.2. The van der Waals surface area contributed by atoms with Crippen molar-refractivity contribution in [3.8, 4) is 0 Å². The molecule has 4 saturated heterocycles. The average Bonchev–Trinajstić information content (AvgIpc) is 1.63. The Bertz CT molecular complexity index is 5120. The number of benzene rings is 4. The zero-order chi connectivity index (χ0) is 89.0. The van der Waals surface area contributed by atoms with Crippen LogP contribution >= 0.6 is 0 Å². The average molecular weight is 1790 g/mol. The number of fused-ring (bicyclic) bond motifs is 4. The maximum atomic E-state index is 14.3. The van der Waals surface area contributed by atoms with Crippen molar-refractivity contribution in [1.82, 2.24) is 78.1 Å². The minimum Gasteiger partial charge on any atom is -0.393 e. The zero-order valence-electron chi connectivity index (χ0n) is 68.8. The Morgan fingerprint density at radius 2 is 0.445 bits per heavy atom. The number of nitrogens with zero attached hydrogens (tertiary/aromatic N) is 16. The van der Waals surface area contributed by atoms with E-state index < -0.39 is 92.6 Å². The van der Waals surface area contributed by atoms with Crippen molar-refractivity contribution >= 4 is 115 Å². The SMILES string of the molecule is OC1CCC(Nc2ncc3nc(Nc4c(F)cc(F)cc4F)n([C@@H]4CCOC4)c3n2)CC1.OC1CCC(Nc2ncc3nc(Nc4c(F)cc(F)cc4F)n([C@@H]4CCOC4)c3n2)CC1.OC1CCC(Nc2ncc3nc(Nc4c(F)cc(F)cc4F)n([C@H]4CCOC4)c3n2)CC1.OC1CCC(Nc2ncc3nc(Nc4c(F)cc(F)cc4F)n([C@H]4CCOC4)c3n2)CC1. The van der Waals surface area contributed by atoms with E-state index >= 15 is 0 Å². The molecular weight excluding hydrogens is 1700 g/mol. The first-order chi connectivity index (χ1) is 61.9. The molecule has 8 aromatic heterocycles. The lowest BCUT2D eigenvalue weighted by Gasteiger charge is -2.26. The van der Waals surface area contributed by atoms with Crippen molar-refractivity contribution in [3.05, 3.63) is 143 Å². The van der Waals surface area contributed by atoms with Crippen molar-refractivity contribution in [3.63, 3.8) is 0 Å². The lowest BCUT2D eigenvalue weighted by molar-refractivity contribution is 0.125. The summed E-state index contributed by atoms with van der Waals surface area (Å²) >= 11 is 0. The molecular formula is C84H92F12N24O8. The highest BCUT2D eigenvalue weighted by molar-refractivity contribution is 5.80. The number of rotatable bonds is 20. The van der Waals surface area contributed by atoms with Crippen LogP contribution in [0.2, 0.25) is 0 Å². The molecule has 4 saturated carbocycles. The van der Waals surface area contributed by atoms with Crippen LogP contribution in [0.3, 0.4) is 0 Å². The molecule has 32 nitrogen and oxygen atoms in total. The summed E-state index contributed by atoms with van der Waals surface area (Å²) in [7, 11) is 0. The van der Waals surface area contributed by atoms with Gasteiger partial charge in [-0.15, -0.1) is 0 Å². The quantitative estimate of drug-likeness (QED) is 0.0315. The number of aliphatic hydroxyl groups is 4. The lowest BCUT2D eigenvalue weighted by Crippen LogP contribution is -2.29. The van der Waals surface area contributed by atoms with E-state index in [9.17, 15) is 73.1 Å². The molecule has 20 rings (SSSR count). The Morgan fingerprint density at radius 3 is 0.617 bits per heavy atom. The summed E-state index contributed by atoms with van der Waals surface area (Å²) in [5.41, 5.74) is 1.83. The van der Waals surface area contributed by atoms with Gasteiger partial charge in [-0.1, -0.05) is 0 Å². The first-order valence-electron chi connectivity index (χ1n) is 42.7. The number of hydrogen-bond acceptors (Lipinski definition) is 28. The van der Waals surface area contributed by atoms with Crippen molar-refractivity contribution in [2.24, 2.45) is 0 Å². The van der Waals surface area contributed by atoms with Gasteiger partial charge in [0, 0.05) is 99.1 Å². The zero-order valence-corrected chi connectivity index (χ0v) is 68.8. The van der Waals surface area contributed by atoms with Crippen LogP contribution in [0.25, 0.3) is 44.7 Å². The molecule has 0 amide bonds. The van der Waals surface area contributed by atoms with Gasteiger partial charge in [0.2, 0.25) is 47.6 Å². The van der Waals surface area contributed by atoms with E-state index in [0.29, 0.717) is 196 Å². The molecule has 680 valence electrons. The number of nitrogens with one attached hydrogen (secondary N) is 8. The molecule has 0 unspecified atom stereocenters. The van der Waals surface area contributed by atoms with Gasteiger partial charge in [0.15, 0.2) is 69.1 Å². The summed E-state index contributed by atoms with van der Waals surface area (Å²) < 4.78 is 196. The largest absolute Gasteiger partial charge is 0.393 e. The molecule has 4 atom stereocenters. The minimum atomic E-state index is -1.06. The number of aliphatic hydroxyl groups excluding tert-OH is 4. The Hall–Kier alpha value is -11.7. The minimum absolute atomic E-state index is 0.137. The van der Waals surface area contributed by atoms with Crippen molar-refractivity contribution in [1.29, 1.82) is 0 Å². The van der Waals surface area contributed by atoms with Gasteiger partial charge < -0.3 is 81.9 Å². The number of anilines is 12. The highest BCUT2D eigenvalue weighted by atomic mass is 19.2. The lowest BCUT2D eigenvalue weighted by atomic mass is 9.93. The van der Waals surface area contributed by atoms with Gasteiger partial charge in [-0.25, -0.2) is 92.6 Å². The molecule has 12 heterocycles. The van der Waals surface area contributed by atoms with Crippen molar-refractivity contribution in [2.75, 3.05) is 95.4 Å². The van der Waals surface area contributed by atoms with Crippen LogP contribution in [0.4, 0.5) is 123 Å². The first kappa shape index (κ1) is 88.4. The fourth-order valence-corrected chi connectivity index (χ4v) is 17.2. The van der Waals surface area contributed by atoms with E-state index in [1.807, 2.05) is 0 Å². The number of aromatic nitrogens is 16. The molecule has 0 radical (unpaired) electrons. The third-order valence-electron chi connectivity index (χ3n) is 23.9. The van der Waals surface area contributed by atoms with Gasteiger partial charge in [-0.2, -0.15) is 19.9 Å². The highest BCUT2D eigenvalue weighted by Gasteiger charge is 2.35. The molecule has 8 fully saturated rings. The van der Waals surface area contributed by atoms with Gasteiger partial charge in [0.1, 0.15) is 68.1 Å². The smallest absolute Gasteiger partial charge is 0.224 e. The monoisotopic (exact) mass is 1790 g/mol. The van der Waals surface area contributed by atoms with E-state index in [-0.39, 0.29) is 96.5 Å². The highest BCUT2D eigenvalue weighted by Crippen LogP contribution is 2.40. The van der Waals surface area contributed by atoms with Crippen molar-refractivity contribution < 1.29 is 92.1 Å². The van der Waals surface area contributed by atoms with Crippen LogP contribution in [-0.4, -0.2) is 200 Å².